The van der Waals surface area contributed by atoms with E-state index in [0.29, 0.717) is 26.1 Å². The molecule has 0 aromatic heterocycles. The molecule has 0 aliphatic heterocycles. The van der Waals surface area contributed by atoms with E-state index in [-0.39, 0.29) is 18.5 Å². The summed E-state index contributed by atoms with van der Waals surface area (Å²) in [5.41, 5.74) is 0.948. The molecular weight excluding hydrogens is 310 g/mol. The van der Waals surface area contributed by atoms with Crippen LogP contribution in [0.15, 0.2) is 18.2 Å². The minimum absolute atomic E-state index is 0.0371. The van der Waals surface area contributed by atoms with E-state index in [2.05, 4.69) is 10.6 Å². The van der Waals surface area contributed by atoms with Crippen LogP contribution in [0.5, 0.6) is 11.5 Å². The Bertz CT molecular complexity index is 545. The molecule has 3 amide bonds. The van der Waals surface area contributed by atoms with E-state index < -0.39 is 0 Å². The average molecular weight is 337 g/mol. The number of nitrogens with one attached hydrogen (secondary N) is 2. The zero-order valence-electron chi connectivity index (χ0n) is 14.8. The highest BCUT2D eigenvalue weighted by Crippen LogP contribution is 2.23. The van der Waals surface area contributed by atoms with Gasteiger partial charge in [-0.1, -0.05) is 0 Å². The van der Waals surface area contributed by atoms with Gasteiger partial charge < -0.3 is 25.0 Å². The molecule has 2 N–H and O–H groups in total. The summed E-state index contributed by atoms with van der Waals surface area (Å²) in [4.78, 5) is 25.2. The third-order valence-corrected chi connectivity index (χ3v) is 3.65. The molecule has 24 heavy (non-hydrogen) atoms. The third-order valence-electron chi connectivity index (χ3n) is 3.65. The number of hydrogen-bond donors (Lipinski definition) is 2. The summed E-state index contributed by atoms with van der Waals surface area (Å²) in [6.45, 7) is 5.42. The Labute approximate surface area is 143 Å². The maximum Gasteiger partial charge on any atom is 0.317 e. The number of methoxy groups -OCH3 is 2. The fourth-order valence-electron chi connectivity index (χ4n) is 2.25. The van der Waals surface area contributed by atoms with Crippen molar-refractivity contribution in [1.82, 2.24) is 15.5 Å². The first-order chi connectivity index (χ1) is 11.5. The minimum Gasteiger partial charge on any atom is -0.497 e. The van der Waals surface area contributed by atoms with E-state index in [1.807, 2.05) is 32.0 Å². The van der Waals surface area contributed by atoms with Crippen molar-refractivity contribution < 1.29 is 19.1 Å². The fourth-order valence-corrected chi connectivity index (χ4v) is 2.25. The van der Waals surface area contributed by atoms with Gasteiger partial charge in [-0.05, 0) is 44.0 Å². The monoisotopic (exact) mass is 337 g/mol. The summed E-state index contributed by atoms with van der Waals surface area (Å²) >= 11 is 0. The zero-order valence-corrected chi connectivity index (χ0v) is 14.8. The highest BCUT2D eigenvalue weighted by atomic mass is 16.5. The molecule has 1 aromatic carbocycles. The number of benzene rings is 1. The molecule has 0 saturated carbocycles. The van der Waals surface area contributed by atoms with E-state index in [1.165, 1.54) is 0 Å². The lowest BCUT2D eigenvalue weighted by atomic mass is 10.1. The second kappa shape index (κ2) is 10.4. The number of urea groups is 1. The van der Waals surface area contributed by atoms with Gasteiger partial charge in [-0.15, -0.1) is 0 Å². The predicted molar refractivity (Wildman–Crippen MR) is 92.6 cm³/mol. The zero-order chi connectivity index (χ0) is 17.9. The van der Waals surface area contributed by atoms with Gasteiger partial charge in [0.2, 0.25) is 5.91 Å². The van der Waals surface area contributed by atoms with Crippen LogP contribution in [0.2, 0.25) is 0 Å². The van der Waals surface area contributed by atoms with Crippen LogP contribution in [0.3, 0.4) is 0 Å². The van der Waals surface area contributed by atoms with Gasteiger partial charge >= 0.3 is 6.03 Å². The maximum atomic E-state index is 11.8. The Morgan fingerprint density at radius 2 is 1.79 bits per heavy atom. The second-order valence-corrected chi connectivity index (χ2v) is 5.11. The van der Waals surface area contributed by atoms with Crippen LogP contribution in [-0.4, -0.2) is 57.2 Å². The lowest BCUT2D eigenvalue weighted by Crippen LogP contribution is -2.44. The molecule has 0 fully saturated rings. The van der Waals surface area contributed by atoms with Gasteiger partial charge in [0, 0.05) is 19.6 Å². The fraction of sp³-hybridized carbons (Fsp3) is 0.529. The molecule has 0 saturated heterocycles. The van der Waals surface area contributed by atoms with Gasteiger partial charge in [0.25, 0.3) is 0 Å². The second-order valence-electron chi connectivity index (χ2n) is 5.11. The van der Waals surface area contributed by atoms with Crippen molar-refractivity contribution in [2.45, 2.75) is 20.3 Å². The van der Waals surface area contributed by atoms with E-state index in [4.69, 9.17) is 9.47 Å². The molecular formula is C17H27N3O4. The first-order valence-electron chi connectivity index (χ1n) is 8.06. The van der Waals surface area contributed by atoms with Crippen LogP contribution in [0.25, 0.3) is 0 Å². The Hall–Kier alpha value is -2.44. The van der Waals surface area contributed by atoms with E-state index >= 15 is 0 Å². The molecule has 0 aliphatic rings. The SMILES string of the molecule is CCN(CC)C(=O)NCC(=O)NCCc1cc(OC)ccc1OC. The van der Waals surface area contributed by atoms with Crippen molar-refractivity contribution in [3.05, 3.63) is 23.8 Å². The van der Waals surface area contributed by atoms with Gasteiger partial charge in [-0.25, -0.2) is 4.79 Å². The number of rotatable bonds is 9. The summed E-state index contributed by atoms with van der Waals surface area (Å²) in [5, 5.41) is 5.39. The van der Waals surface area contributed by atoms with Crippen LogP contribution in [0.4, 0.5) is 4.79 Å². The summed E-state index contributed by atoms with van der Waals surface area (Å²) < 4.78 is 10.5. The van der Waals surface area contributed by atoms with Crippen molar-refractivity contribution in [1.29, 1.82) is 0 Å². The van der Waals surface area contributed by atoms with Crippen LogP contribution in [0.1, 0.15) is 19.4 Å². The number of hydrogen-bond acceptors (Lipinski definition) is 4. The van der Waals surface area contributed by atoms with Gasteiger partial charge in [0.15, 0.2) is 0 Å². The smallest absolute Gasteiger partial charge is 0.317 e. The molecule has 0 atom stereocenters. The molecule has 0 unspecified atom stereocenters. The quantitative estimate of drug-likeness (QED) is 0.714. The van der Waals surface area contributed by atoms with Crippen molar-refractivity contribution in [2.24, 2.45) is 0 Å². The number of amides is 3. The molecule has 1 aromatic rings. The van der Waals surface area contributed by atoms with Crippen LogP contribution in [0, 0.1) is 0 Å². The van der Waals surface area contributed by atoms with E-state index in [0.717, 1.165) is 17.1 Å². The van der Waals surface area contributed by atoms with Crippen molar-refractivity contribution >= 4 is 11.9 Å². The maximum absolute atomic E-state index is 11.8. The molecule has 0 aliphatic carbocycles. The standard InChI is InChI=1S/C17H27N3O4/c1-5-20(6-2)17(22)19-12-16(21)18-10-9-13-11-14(23-3)7-8-15(13)24-4/h7-8,11H,5-6,9-10,12H2,1-4H3,(H,18,21)(H,19,22). The number of carbonyl (C=O) groups is 2. The van der Waals surface area contributed by atoms with Crippen LogP contribution >= 0.6 is 0 Å². The predicted octanol–water partition coefficient (Wildman–Crippen LogP) is 1.41. The summed E-state index contributed by atoms with van der Waals surface area (Å²) in [6.07, 6.45) is 0.607. The van der Waals surface area contributed by atoms with Crippen molar-refractivity contribution in [3.63, 3.8) is 0 Å². The first kappa shape index (κ1) is 19.6. The molecule has 0 radical (unpaired) electrons. The largest absolute Gasteiger partial charge is 0.497 e. The minimum atomic E-state index is -0.232. The Balaban J connectivity index is 2.42. The highest BCUT2D eigenvalue weighted by molar-refractivity contribution is 5.83. The molecule has 0 spiro atoms. The van der Waals surface area contributed by atoms with Gasteiger partial charge in [-0.3, -0.25) is 4.79 Å². The number of ether oxygens (including phenoxy) is 2. The Morgan fingerprint density at radius 1 is 1.08 bits per heavy atom. The lowest BCUT2D eigenvalue weighted by molar-refractivity contribution is -0.120. The summed E-state index contributed by atoms with van der Waals surface area (Å²) in [6, 6.07) is 5.31. The van der Waals surface area contributed by atoms with E-state index in [1.54, 1.807) is 19.1 Å². The molecule has 7 heteroatoms. The van der Waals surface area contributed by atoms with Crippen LogP contribution in [-0.2, 0) is 11.2 Å². The van der Waals surface area contributed by atoms with E-state index in [9.17, 15) is 9.59 Å². The van der Waals surface area contributed by atoms with Gasteiger partial charge in [-0.2, -0.15) is 0 Å². The number of carbonyl (C=O) groups excluding carboxylic acids is 2. The number of nitrogens with zero attached hydrogens (tertiary/aromatic N) is 1. The normalized spacial score (nSPS) is 10.0. The van der Waals surface area contributed by atoms with Gasteiger partial charge in [0.1, 0.15) is 11.5 Å². The summed E-state index contributed by atoms with van der Waals surface area (Å²) in [7, 11) is 3.21. The molecule has 7 nitrogen and oxygen atoms in total. The lowest BCUT2D eigenvalue weighted by Gasteiger charge is -2.19. The first-order valence-corrected chi connectivity index (χ1v) is 8.06. The molecule has 134 valence electrons. The molecule has 0 heterocycles. The highest BCUT2D eigenvalue weighted by Gasteiger charge is 2.11. The topological polar surface area (TPSA) is 79.9 Å². The van der Waals surface area contributed by atoms with Crippen molar-refractivity contribution in [3.8, 4) is 11.5 Å². The molecule has 0 bridgehead atoms. The van der Waals surface area contributed by atoms with Gasteiger partial charge in [0.05, 0.1) is 20.8 Å². The van der Waals surface area contributed by atoms with Crippen LogP contribution < -0.4 is 20.1 Å². The van der Waals surface area contributed by atoms with Crippen molar-refractivity contribution in [2.75, 3.05) is 40.4 Å². The average Bonchev–Trinajstić information content (AvgIpc) is 2.60. The molecule has 1 rings (SSSR count). The Kier molecular flexibility index (Phi) is 8.46. The summed E-state index contributed by atoms with van der Waals surface area (Å²) in [5.74, 6) is 1.26. The Morgan fingerprint density at radius 3 is 2.38 bits per heavy atom. The third kappa shape index (κ3) is 5.98.